The van der Waals surface area contributed by atoms with Gasteiger partial charge in [-0.3, -0.25) is 0 Å². The topological polar surface area (TPSA) is 67.8 Å². The van der Waals surface area contributed by atoms with E-state index in [1.807, 2.05) is 37.3 Å². The molecule has 0 amide bonds. The second-order valence-electron chi connectivity index (χ2n) is 5.89. The van der Waals surface area contributed by atoms with Gasteiger partial charge in [-0.05, 0) is 67.3 Å². The number of hydrazone groups is 1. The van der Waals surface area contributed by atoms with Crippen LogP contribution in [0.5, 0.6) is 5.75 Å². The van der Waals surface area contributed by atoms with E-state index in [0.717, 1.165) is 29.7 Å². The molecule has 2 rings (SSSR count). The van der Waals surface area contributed by atoms with E-state index in [1.54, 1.807) is 19.1 Å². The first-order chi connectivity index (χ1) is 11.9. The molecule has 0 atom stereocenters. The number of hydrogen-bond donors (Lipinski definition) is 1. The number of unbranched alkanes of at least 4 members (excludes halogenated alkanes) is 1. The number of benzene rings is 2. The Balaban J connectivity index is 2.01. The van der Waals surface area contributed by atoms with Gasteiger partial charge in [0.1, 0.15) is 5.75 Å². The lowest BCUT2D eigenvalue weighted by molar-refractivity contribution is 0.309. The zero-order chi connectivity index (χ0) is 18.3. The second-order valence-corrected chi connectivity index (χ2v) is 7.52. The molecule has 0 bridgehead atoms. The van der Waals surface area contributed by atoms with Crippen molar-refractivity contribution in [3.63, 3.8) is 0 Å². The molecule has 0 fully saturated rings. The van der Waals surface area contributed by atoms with Crippen LogP contribution >= 0.6 is 0 Å². The Hall–Kier alpha value is -2.34. The summed E-state index contributed by atoms with van der Waals surface area (Å²) in [5, 5.41) is 3.86. The van der Waals surface area contributed by atoms with Crippen LogP contribution in [-0.2, 0) is 10.0 Å². The molecule has 1 N–H and O–H groups in total. The van der Waals surface area contributed by atoms with Crippen LogP contribution in [0.15, 0.2) is 52.5 Å². The number of nitrogens with zero attached hydrogens (tertiary/aromatic N) is 1. The van der Waals surface area contributed by atoms with Crippen LogP contribution in [0.1, 0.15) is 36.5 Å². The quantitative estimate of drug-likeness (QED) is 0.442. The van der Waals surface area contributed by atoms with Crippen molar-refractivity contribution in [3.05, 3.63) is 59.2 Å². The fourth-order valence-corrected chi connectivity index (χ4v) is 3.32. The van der Waals surface area contributed by atoms with Crippen LogP contribution in [0.2, 0.25) is 0 Å². The van der Waals surface area contributed by atoms with E-state index in [-0.39, 0.29) is 4.90 Å². The van der Waals surface area contributed by atoms with Crippen LogP contribution < -0.4 is 9.57 Å². The zero-order valence-corrected chi connectivity index (χ0v) is 15.6. The van der Waals surface area contributed by atoms with Gasteiger partial charge in [0.2, 0.25) is 0 Å². The van der Waals surface area contributed by atoms with Crippen molar-refractivity contribution < 1.29 is 13.2 Å². The van der Waals surface area contributed by atoms with Gasteiger partial charge in [0.05, 0.1) is 17.7 Å². The largest absolute Gasteiger partial charge is 0.494 e. The molecule has 0 aliphatic carbocycles. The number of nitrogens with one attached hydrogen (secondary N) is 1. The highest BCUT2D eigenvalue weighted by atomic mass is 32.2. The first kappa shape index (κ1) is 19.0. The first-order valence-corrected chi connectivity index (χ1v) is 9.75. The lowest BCUT2D eigenvalue weighted by Gasteiger charge is -2.08. The van der Waals surface area contributed by atoms with Crippen molar-refractivity contribution in [3.8, 4) is 5.75 Å². The molecule has 6 heteroatoms. The molecule has 0 aromatic heterocycles. The van der Waals surface area contributed by atoms with E-state index in [0.29, 0.717) is 12.2 Å². The summed E-state index contributed by atoms with van der Waals surface area (Å²) < 4.78 is 30.3. The summed E-state index contributed by atoms with van der Waals surface area (Å²) in [7, 11) is -3.68. The summed E-state index contributed by atoms with van der Waals surface area (Å²) in [6.45, 7) is 6.42. The zero-order valence-electron chi connectivity index (χ0n) is 14.8. The molecule has 0 spiro atoms. The van der Waals surface area contributed by atoms with E-state index in [2.05, 4.69) is 16.9 Å². The van der Waals surface area contributed by atoms with Crippen LogP contribution in [0.3, 0.4) is 0 Å². The van der Waals surface area contributed by atoms with Gasteiger partial charge in [-0.25, -0.2) is 4.83 Å². The monoisotopic (exact) mass is 360 g/mol. The highest BCUT2D eigenvalue weighted by Crippen LogP contribution is 2.16. The highest BCUT2D eigenvalue weighted by Gasteiger charge is 2.15. The predicted octanol–water partition coefficient (Wildman–Crippen LogP) is 3.79. The third-order valence-electron chi connectivity index (χ3n) is 3.67. The summed E-state index contributed by atoms with van der Waals surface area (Å²) in [5.41, 5.74) is 2.35. The molecular formula is C19H24N2O3S. The molecule has 2 aromatic rings. The molecule has 2 aromatic carbocycles. The van der Waals surface area contributed by atoms with E-state index in [9.17, 15) is 8.42 Å². The normalized spacial score (nSPS) is 11.6. The number of rotatable bonds is 8. The summed E-state index contributed by atoms with van der Waals surface area (Å²) in [5.74, 6) is 0.793. The molecule has 0 saturated carbocycles. The van der Waals surface area contributed by atoms with Gasteiger partial charge in [0.25, 0.3) is 10.0 Å². The highest BCUT2D eigenvalue weighted by molar-refractivity contribution is 7.89. The summed E-state index contributed by atoms with van der Waals surface area (Å²) in [4.78, 5) is 2.50. The molecule has 134 valence electrons. The van der Waals surface area contributed by atoms with E-state index >= 15 is 0 Å². The van der Waals surface area contributed by atoms with Crippen LogP contribution in [0.25, 0.3) is 0 Å². The van der Waals surface area contributed by atoms with Gasteiger partial charge in [-0.15, -0.1) is 0 Å². The fraction of sp³-hybridized carbons (Fsp3) is 0.316. The standard InChI is InChI=1S/C19H24N2O3S/c1-4-5-12-24-18-10-8-17(9-11-18)14-20-21-25(22,23)19-13-15(2)6-7-16(19)3/h6-11,13-14,21H,4-5,12H2,1-3H3. The van der Waals surface area contributed by atoms with Crippen LogP contribution in [0.4, 0.5) is 0 Å². The molecule has 0 aliphatic rings. The Labute approximate surface area is 149 Å². The van der Waals surface area contributed by atoms with Gasteiger partial charge in [0, 0.05) is 0 Å². The van der Waals surface area contributed by atoms with Crippen LogP contribution in [-0.4, -0.2) is 21.2 Å². The molecule has 0 unspecified atom stereocenters. The minimum Gasteiger partial charge on any atom is -0.494 e. The maximum atomic E-state index is 12.4. The third kappa shape index (κ3) is 5.60. The van der Waals surface area contributed by atoms with Crippen molar-refractivity contribution in [2.45, 2.75) is 38.5 Å². The average Bonchev–Trinajstić information content (AvgIpc) is 2.58. The van der Waals surface area contributed by atoms with Gasteiger partial charge in [-0.1, -0.05) is 25.5 Å². The van der Waals surface area contributed by atoms with Gasteiger partial charge >= 0.3 is 0 Å². The average molecular weight is 360 g/mol. The smallest absolute Gasteiger partial charge is 0.276 e. The van der Waals surface area contributed by atoms with Crippen molar-refractivity contribution >= 4 is 16.2 Å². The Morgan fingerprint density at radius 3 is 2.52 bits per heavy atom. The van der Waals surface area contributed by atoms with Crippen molar-refractivity contribution in [1.82, 2.24) is 4.83 Å². The Kier molecular flexibility index (Phi) is 6.58. The SMILES string of the molecule is CCCCOc1ccc(C=NNS(=O)(=O)c2cc(C)ccc2C)cc1. The maximum absolute atomic E-state index is 12.4. The van der Waals surface area contributed by atoms with E-state index in [4.69, 9.17) is 4.74 Å². The Bertz CT molecular complexity index is 828. The van der Waals surface area contributed by atoms with Crippen molar-refractivity contribution in [1.29, 1.82) is 0 Å². The molecule has 0 radical (unpaired) electrons. The van der Waals surface area contributed by atoms with Crippen molar-refractivity contribution in [2.24, 2.45) is 5.10 Å². The minimum absolute atomic E-state index is 0.240. The van der Waals surface area contributed by atoms with Gasteiger partial charge in [-0.2, -0.15) is 13.5 Å². The summed E-state index contributed by atoms with van der Waals surface area (Å²) in [6, 6.07) is 12.6. The maximum Gasteiger partial charge on any atom is 0.276 e. The number of hydrogen-bond acceptors (Lipinski definition) is 4. The van der Waals surface area contributed by atoms with E-state index in [1.165, 1.54) is 6.21 Å². The molecular weight excluding hydrogens is 336 g/mol. The fourth-order valence-electron chi connectivity index (χ4n) is 2.20. The Morgan fingerprint density at radius 2 is 1.84 bits per heavy atom. The van der Waals surface area contributed by atoms with Crippen molar-refractivity contribution in [2.75, 3.05) is 6.61 Å². The molecule has 5 nitrogen and oxygen atoms in total. The minimum atomic E-state index is -3.68. The number of aryl methyl sites for hydroxylation is 2. The lowest BCUT2D eigenvalue weighted by Crippen LogP contribution is -2.19. The summed E-state index contributed by atoms with van der Waals surface area (Å²) in [6.07, 6.45) is 3.58. The third-order valence-corrected chi connectivity index (χ3v) is 5.03. The first-order valence-electron chi connectivity index (χ1n) is 8.27. The molecule has 25 heavy (non-hydrogen) atoms. The second kappa shape index (κ2) is 8.67. The van der Waals surface area contributed by atoms with E-state index < -0.39 is 10.0 Å². The lowest BCUT2D eigenvalue weighted by atomic mass is 10.2. The molecule has 0 aliphatic heterocycles. The summed E-state index contributed by atoms with van der Waals surface area (Å²) >= 11 is 0. The molecule has 0 heterocycles. The van der Waals surface area contributed by atoms with Crippen LogP contribution in [0, 0.1) is 13.8 Å². The number of ether oxygens (including phenoxy) is 1. The van der Waals surface area contributed by atoms with Gasteiger partial charge in [0.15, 0.2) is 0 Å². The Morgan fingerprint density at radius 1 is 1.12 bits per heavy atom. The number of sulfonamides is 1. The van der Waals surface area contributed by atoms with Gasteiger partial charge < -0.3 is 4.74 Å². The molecule has 0 saturated heterocycles. The predicted molar refractivity (Wildman–Crippen MR) is 101 cm³/mol.